The molecule has 4 aliphatic rings. The van der Waals surface area contributed by atoms with Crippen LogP contribution in [-0.2, 0) is 9.59 Å². The third kappa shape index (κ3) is 3.02. The number of hydrogen-bond donors (Lipinski definition) is 0. The van der Waals surface area contributed by atoms with Gasteiger partial charge in [-0.15, -0.1) is 0 Å². The van der Waals surface area contributed by atoms with Crippen molar-refractivity contribution in [1.29, 1.82) is 5.26 Å². The number of carbonyl (C=O) groups excluding carboxylic acids is 2. The summed E-state index contributed by atoms with van der Waals surface area (Å²) in [4.78, 5) is 32.7. The van der Waals surface area contributed by atoms with E-state index in [0.29, 0.717) is 13.1 Å². The molecular weight excluding hydrogens is 412 g/mol. The molecule has 1 aliphatic carbocycles. The fourth-order valence-electron chi connectivity index (χ4n) is 6.54. The predicted molar refractivity (Wildman–Crippen MR) is 124 cm³/mol. The zero-order chi connectivity index (χ0) is 22.7. The Bertz CT molecular complexity index is 1130. The van der Waals surface area contributed by atoms with Gasteiger partial charge in [-0.1, -0.05) is 55.5 Å². The van der Waals surface area contributed by atoms with Crippen molar-refractivity contribution in [2.24, 2.45) is 5.92 Å². The van der Waals surface area contributed by atoms with Crippen LogP contribution in [0, 0.1) is 17.2 Å². The minimum atomic E-state index is -0.297. The highest BCUT2D eigenvalue weighted by molar-refractivity contribution is 5.89. The Morgan fingerprint density at radius 1 is 1.12 bits per heavy atom. The van der Waals surface area contributed by atoms with Gasteiger partial charge < -0.3 is 9.80 Å². The van der Waals surface area contributed by atoms with E-state index in [4.69, 9.17) is 0 Å². The maximum absolute atomic E-state index is 13.6. The van der Waals surface area contributed by atoms with Crippen molar-refractivity contribution < 1.29 is 9.59 Å². The summed E-state index contributed by atoms with van der Waals surface area (Å²) in [6.07, 6.45) is 2.48. The molecule has 33 heavy (non-hydrogen) atoms. The smallest absolute Gasteiger partial charge is 0.241 e. The van der Waals surface area contributed by atoms with Crippen LogP contribution in [0.1, 0.15) is 43.4 Å². The summed E-state index contributed by atoms with van der Waals surface area (Å²) < 4.78 is 0. The van der Waals surface area contributed by atoms with E-state index < -0.39 is 0 Å². The summed E-state index contributed by atoms with van der Waals surface area (Å²) in [6, 6.07) is 18.8. The van der Waals surface area contributed by atoms with Gasteiger partial charge in [-0.3, -0.25) is 14.5 Å². The second kappa shape index (κ2) is 7.71. The molecule has 0 N–H and O–H groups in total. The highest BCUT2D eigenvalue weighted by atomic mass is 16.2. The molecule has 6 heteroatoms. The van der Waals surface area contributed by atoms with Crippen LogP contribution in [0.2, 0.25) is 0 Å². The van der Waals surface area contributed by atoms with Crippen molar-refractivity contribution >= 4 is 11.8 Å². The first-order chi connectivity index (χ1) is 16.1. The second-order valence-electron chi connectivity index (χ2n) is 9.90. The lowest BCUT2D eigenvalue weighted by Gasteiger charge is -2.39. The molecule has 2 aromatic carbocycles. The Balaban J connectivity index is 1.21. The molecule has 0 unspecified atom stereocenters. The molecule has 0 saturated carbocycles. The summed E-state index contributed by atoms with van der Waals surface area (Å²) in [5, 5.41) is 9.34. The summed E-state index contributed by atoms with van der Waals surface area (Å²) in [5.74, 6) is 0.00994. The minimum Gasteiger partial charge on any atom is -0.326 e. The fourth-order valence-corrected chi connectivity index (χ4v) is 6.54. The number of piperazine rings is 1. The topological polar surface area (TPSA) is 67.7 Å². The molecule has 0 aromatic heterocycles. The van der Waals surface area contributed by atoms with Crippen LogP contribution in [0.15, 0.2) is 48.5 Å². The summed E-state index contributed by atoms with van der Waals surface area (Å²) in [5.41, 5.74) is 4.88. The van der Waals surface area contributed by atoms with Crippen LogP contribution >= 0.6 is 0 Å². The Labute approximate surface area is 194 Å². The second-order valence-corrected chi connectivity index (χ2v) is 9.90. The zero-order valence-corrected chi connectivity index (χ0v) is 18.9. The van der Waals surface area contributed by atoms with Crippen molar-refractivity contribution in [1.82, 2.24) is 14.7 Å². The van der Waals surface area contributed by atoms with Crippen LogP contribution in [0.25, 0.3) is 11.1 Å². The van der Waals surface area contributed by atoms with Crippen molar-refractivity contribution in [3.63, 3.8) is 0 Å². The lowest BCUT2D eigenvalue weighted by molar-refractivity contribution is -0.141. The van der Waals surface area contributed by atoms with E-state index in [9.17, 15) is 14.9 Å². The molecule has 3 saturated heterocycles. The van der Waals surface area contributed by atoms with E-state index >= 15 is 0 Å². The van der Waals surface area contributed by atoms with Crippen LogP contribution in [0.3, 0.4) is 0 Å². The molecule has 3 heterocycles. The van der Waals surface area contributed by atoms with Crippen molar-refractivity contribution in [2.45, 2.75) is 50.4 Å². The summed E-state index contributed by atoms with van der Waals surface area (Å²) in [6.45, 7) is 3.98. The molecule has 3 aliphatic heterocycles. The molecule has 2 bridgehead atoms. The van der Waals surface area contributed by atoms with E-state index in [1.807, 2.05) is 6.92 Å². The van der Waals surface area contributed by atoms with E-state index in [0.717, 1.165) is 25.8 Å². The molecular formula is C27H28N4O2. The van der Waals surface area contributed by atoms with Gasteiger partial charge in [0.25, 0.3) is 0 Å². The van der Waals surface area contributed by atoms with Crippen LogP contribution in [0.5, 0.6) is 0 Å². The quantitative estimate of drug-likeness (QED) is 0.732. The van der Waals surface area contributed by atoms with Gasteiger partial charge in [0, 0.05) is 31.6 Å². The average molecular weight is 441 g/mol. The van der Waals surface area contributed by atoms with Gasteiger partial charge >= 0.3 is 0 Å². The van der Waals surface area contributed by atoms with Gasteiger partial charge in [-0.25, -0.2) is 0 Å². The molecule has 4 atom stereocenters. The number of fused-ring (bicyclic) bond motifs is 5. The number of amides is 2. The van der Waals surface area contributed by atoms with Gasteiger partial charge in [0.15, 0.2) is 0 Å². The maximum atomic E-state index is 13.6. The normalized spacial score (nSPS) is 27.0. The number of hydrogen-bond acceptors (Lipinski definition) is 4. The van der Waals surface area contributed by atoms with Crippen molar-refractivity contribution in [3.8, 4) is 17.2 Å². The van der Waals surface area contributed by atoms with E-state index in [1.165, 1.54) is 22.3 Å². The number of carbonyl (C=O) groups is 2. The van der Waals surface area contributed by atoms with Gasteiger partial charge in [-0.05, 0) is 41.5 Å². The Morgan fingerprint density at radius 2 is 1.79 bits per heavy atom. The standard InChI is InChI=1S/C27H28N4O2/c1-17(26(32)30-12-6-7-18(30)14-28)15-29-16-19-13-24(29)27(33)31(19)25-22-10-4-2-8-20(22)21-9-3-5-11-23(21)25/h2-5,8-11,17-19,24-25H,6-7,12-13,15-16H2,1H3/t17-,18-,19+,24+/m0/s1. The van der Waals surface area contributed by atoms with E-state index in [2.05, 4.69) is 64.4 Å². The molecule has 3 fully saturated rings. The Morgan fingerprint density at radius 3 is 2.42 bits per heavy atom. The molecule has 2 amide bonds. The molecule has 168 valence electrons. The monoisotopic (exact) mass is 440 g/mol. The van der Waals surface area contributed by atoms with Crippen LogP contribution in [-0.4, -0.2) is 64.3 Å². The highest BCUT2D eigenvalue weighted by Crippen LogP contribution is 2.50. The Kier molecular flexibility index (Phi) is 4.77. The first-order valence-corrected chi connectivity index (χ1v) is 12.0. The summed E-state index contributed by atoms with van der Waals surface area (Å²) in [7, 11) is 0. The van der Waals surface area contributed by atoms with E-state index in [-0.39, 0.29) is 41.9 Å². The lowest BCUT2D eigenvalue weighted by atomic mass is 10.0. The molecule has 6 nitrogen and oxygen atoms in total. The van der Waals surface area contributed by atoms with Crippen molar-refractivity contribution in [3.05, 3.63) is 59.7 Å². The van der Waals surface area contributed by atoms with Crippen LogP contribution < -0.4 is 0 Å². The number of likely N-dealkylation sites (tertiary alicyclic amines) is 3. The largest absolute Gasteiger partial charge is 0.326 e. The van der Waals surface area contributed by atoms with Gasteiger partial charge in [0.1, 0.15) is 6.04 Å². The fraction of sp³-hybridized carbons (Fsp3) is 0.444. The molecule has 2 aromatic rings. The first kappa shape index (κ1) is 20.4. The van der Waals surface area contributed by atoms with E-state index in [1.54, 1.807) is 4.90 Å². The first-order valence-electron chi connectivity index (χ1n) is 12.0. The van der Waals surface area contributed by atoms with Gasteiger partial charge in [0.05, 0.1) is 18.2 Å². The predicted octanol–water partition coefficient (Wildman–Crippen LogP) is 3.19. The average Bonchev–Trinajstić information content (AvgIpc) is 3.60. The van der Waals surface area contributed by atoms with Crippen molar-refractivity contribution in [2.75, 3.05) is 19.6 Å². The SMILES string of the molecule is C[C@@H](CN1C[C@H]2C[C@@H]1C(=O)N2C1c2ccccc2-c2ccccc21)C(=O)N1CCC[C@H]1C#N. The van der Waals surface area contributed by atoms with Gasteiger partial charge in [0.2, 0.25) is 11.8 Å². The minimum absolute atomic E-state index is 0.0258. The number of nitriles is 1. The molecule has 6 rings (SSSR count). The number of benzene rings is 2. The van der Waals surface area contributed by atoms with Crippen LogP contribution in [0.4, 0.5) is 0 Å². The highest BCUT2D eigenvalue weighted by Gasteiger charge is 2.53. The van der Waals surface area contributed by atoms with Gasteiger partial charge in [-0.2, -0.15) is 5.26 Å². The zero-order valence-electron chi connectivity index (χ0n) is 18.9. The maximum Gasteiger partial charge on any atom is 0.241 e. The Hall–Kier alpha value is -3.17. The third-order valence-corrected chi connectivity index (χ3v) is 8.01. The molecule has 0 radical (unpaired) electrons. The number of nitrogens with zero attached hydrogens (tertiary/aromatic N) is 4. The lowest BCUT2D eigenvalue weighted by Crippen LogP contribution is -2.53. The third-order valence-electron chi connectivity index (χ3n) is 8.01. The number of rotatable bonds is 4. The summed E-state index contributed by atoms with van der Waals surface area (Å²) >= 11 is 0. The molecule has 0 spiro atoms.